The molecule has 1 saturated heterocycles. The van der Waals surface area contributed by atoms with E-state index in [1.165, 1.54) is 17.6 Å². The molecule has 2 heteroatoms. The van der Waals surface area contributed by atoms with E-state index in [0.717, 1.165) is 19.7 Å². The fraction of sp³-hybridized carbons (Fsp3) is 0.647. The molecule has 1 fully saturated rings. The van der Waals surface area contributed by atoms with Crippen molar-refractivity contribution in [1.82, 2.24) is 4.90 Å². The van der Waals surface area contributed by atoms with Crippen LogP contribution in [0.5, 0.6) is 0 Å². The molecule has 0 N–H and O–H groups in total. The molecule has 0 bridgehead atoms. The van der Waals surface area contributed by atoms with E-state index in [1.54, 1.807) is 0 Å². The maximum atomic E-state index is 6.16. The van der Waals surface area contributed by atoms with Gasteiger partial charge in [0.15, 0.2) is 0 Å². The van der Waals surface area contributed by atoms with Crippen molar-refractivity contribution >= 4 is 0 Å². The Bertz CT molecular complexity index is 423. The maximum Gasteiger partial charge on any atom is 0.119 e. The van der Waals surface area contributed by atoms with Crippen molar-refractivity contribution in [3.8, 4) is 0 Å². The molecule has 0 saturated carbocycles. The fourth-order valence-electron chi connectivity index (χ4n) is 2.91. The molecule has 0 atom stereocenters. The quantitative estimate of drug-likeness (QED) is 0.765. The molecule has 19 heavy (non-hydrogen) atoms. The summed E-state index contributed by atoms with van der Waals surface area (Å²) in [6.07, 6.45) is 9.83. The Morgan fingerprint density at radius 2 is 1.84 bits per heavy atom. The predicted octanol–water partition coefficient (Wildman–Crippen LogP) is 3.71. The zero-order chi connectivity index (χ0) is 14.1. The van der Waals surface area contributed by atoms with E-state index in [0.29, 0.717) is 0 Å². The number of rotatable bonds is 4. The smallest absolute Gasteiger partial charge is 0.119 e. The number of hydrogen-bond donors (Lipinski definition) is 0. The average molecular weight is 261 g/mol. The van der Waals surface area contributed by atoms with Crippen LogP contribution in [0.4, 0.5) is 0 Å². The number of allylic oxidation sites excluding steroid dienone is 2. The van der Waals surface area contributed by atoms with Gasteiger partial charge in [-0.2, -0.15) is 0 Å². The van der Waals surface area contributed by atoms with Crippen LogP contribution in [0.15, 0.2) is 35.5 Å². The third-order valence-corrected chi connectivity index (χ3v) is 4.66. The molecule has 106 valence electrons. The molecule has 1 spiro atoms. The Hall–Kier alpha value is -0.860. The molecule has 0 aromatic carbocycles. The zero-order valence-electron chi connectivity index (χ0n) is 13.0. The first-order valence-electron chi connectivity index (χ1n) is 7.37. The lowest BCUT2D eigenvalue weighted by molar-refractivity contribution is -0.131. The van der Waals surface area contributed by atoms with Gasteiger partial charge in [0, 0.05) is 18.6 Å². The molecule has 0 radical (unpaired) electrons. The highest BCUT2D eigenvalue weighted by Gasteiger charge is 2.53. The van der Waals surface area contributed by atoms with Gasteiger partial charge in [-0.3, -0.25) is 4.90 Å². The van der Waals surface area contributed by atoms with E-state index in [-0.39, 0.29) is 11.1 Å². The topological polar surface area (TPSA) is 12.5 Å². The molecule has 2 nitrogen and oxygen atoms in total. The van der Waals surface area contributed by atoms with E-state index in [2.05, 4.69) is 63.8 Å². The van der Waals surface area contributed by atoms with Crippen molar-refractivity contribution in [2.24, 2.45) is 0 Å². The molecule has 0 aromatic heterocycles. The van der Waals surface area contributed by atoms with Gasteiger partial charge in [-0.15, -0.1) is 0 Å². The van der Waals surface area contributed by atoms with Crippen molar-refractivity contribution < 1.29 is 4.74 Å². The molecule has 0 amide bonds. The second-order valence-corrected chi connectivity index (χ2v) is 6.24. The summed E-state index contributed by atoms with van der Waals surface area (Å²) in [7, 11) is 0. The molecule has 2 aliphatic rings. The van der Waals surface area contributed by atoms with E-state index >= 15 is 0 Å². The monoisotopic (exact) mass is 261 g/mol. The molecular weight excluding hydrogens is 234 g/mol. The molecule has 2 rings (SSSR count). The summed E-state index contributed by atoms with van der Waals surface area (Å²) in [5, 5.41) is 0. The number of nitrogens with zero attached hydrogens (tertiary/aromatic N) is 1. The van der Waals surface area contributed by atoms with Crippen LogP contribution in [0.1, 0.15) is 41.0 Å². The Balaban J connectivity index is 2.19. The van der Waals surface area contributed by atoms with E-state index in [4.69, 9.17) is 4.74 Å². The van der Waals surface area contributed by atoms with E-state index in [9.17, 15) is 0 Å². The maximum absolute atomic E-state index is 6.16. The van der Waals surface area contributed by atoms with Crippen LogP contribution < -0.4 is 0 Å². The average Bonchev–Trinajstić information content (AvgIpc) is 2.68. The van der Waals surface area contributed by atoms with Crippen LogP contribution in [0.25, 0.3) is 0 Å². The minimum absolute atomic E-state index is 0.0478. The van der Waals surface area contributed by atoms with Crippen molar-refractivity contribution in [3.05, 3.63) is 35.5 Å². The van der Waals surface area contributed by atoms with Crippen LogP contribution in [0, 0.1) is 0 Å². The Morgan fingerprint density at radius 3 is 2.37 bits per heavy atom. The molecule has 0 aliphatic carbocycles. The lowest BCUT2D eigenvalue weighted by Crippen LogP contribution is -2.68. The summed E-state index contributed by atoms with van der Waals surface area (Å²) in [5.41, 5.74) is 2.96. The van der Waals surface area contributed by atoms with Gasteiger partial charge in [0.05, 0.1) is 6.61 Å². The SMILES string of the molecule is C/C=C\C1=C(/C=C\C)C2(CN(C(C)(C)CC)C2)OC1. The minimum atomic E-state index is -0.0478. The Morgan fingerprint density at radius 1 is 1.21 bits per heavy atom. The van der Waals surface area contributed by atoms with Crippen LogP contribution in [0.3, 0.4) is 0 Å². The Kier molecular flexibility index (Phi) is 4.03. The first-order chi connectivity index (χ1) is 8.99. The van der Waals surface area contributed by atoms with E-state index < -0.39 is 0 Å². The predicted molar refractivity (Wildman–Crippen MR) is 81.3 cm³/mol. The highest BCUT2D eigenvalue weighted by molar-refractivity contribution is 5.46. The molecule has 0 unspecified atom stereocenters. The van der Waals surface area contributed by atoms with Gasteiger partial charge in [-0.05, 0) is 45.3 Å². The summed E-state index contributed by atoms with van der Waals surface area (Å²) in [6.45, 7) is 13.8. The lowest BCUT2D eigenvalue weighted by atomic mass is 9.80. The molecule has 0 aromatic rings. The van der Waals surface area contributed by atoms with E-state index in [1.807, 2.05) is 0 Å². The van der Waals surface area contributed by atoms with Gasteiger partial charge in [0.1, 0.15) is 5.60 Å². The van der Waals surface area contributed by atoms with Gasteiger partial charge in [-0.1, -0.05) is 31.2 Å². The van der Waals surface area contributed by atoms with Crippen molar-refractivity contribution in [2.45, 2.75) is 52.2 Å². The molecule has 2 aliphatic heterocycles. The number of ether oxygens (including phenoxy) is 1. The van der Waals surface area contributed by atoms with Crippen LogP contribution in [0.2, 0.25) is 0 Å². The van der Waals surface area contributed by atoms with Crippen molar-refractivity contribution in [1.29, 1.82) is 0 Å². The van der Waals surface area contributed by atoms with Gasteiger partial charge in [-0.25, -0.2) is 0 Å². The summed E-state index contributed by atoms with van der Waals surface area (Å²) in [6, 6.07) is 0. The number of likely N-dealkylation sites (tertiary alicyclic amines) is 1. The first-order valence-corrected chi connectivity index (χ1v) is 7.37. The van der Waals surface area contributed by atoms with Crippen LogP contribution in [-0.2, 0) is 4.74 Å². The highest BCUT2D eigenvalue weighted by Crippen LogP contribution is 2.43. The number of hydrogen-bond acceptors (Lipinski definition) is 2. The molecular formula is C17H27NO. The second-order valence-electron chi connectivity index (χ2n) is 6.24. The summed E-state index contributed by atoms with van der Waals surface area (Å²) >= 11 is 0. The van der Waals surface area contributed by atoms with Crippen LogP contribution in [-0.4, -0.2) is 35.7 Å². The van der Waals surface area contributed by atoms with Gasteiger partial charge >= 0.3 is 0 Å². The van der Waals surface area contributed by atoms with Gasteiger partial charge < -0.3 is 4.74 Å². The largest absolute Gasteiger partial charge is 0.363 e. The van der Waals surface area contributed by atoms with Crippen LogP contribution >= 0.6 is 0 Å². The second kappa shape index (κ2) is 5.26. The summed E-state index contributed by atoms with van der Waals surface area (Å²) < 4.78 is 6.16. The van der Waals surface area contributed by atoms with Crippen molar-refractivity contribution in [3.63, 3.8) is 0 Å². The zero-order valence-corrected chi connectivity index (χ0v) is 13.0. The third-order valence-electron chi connectivity index (χ3n) is 4.66. The molecule has 2 heterocycles. The summed E-state index contributed by atoms with van der Waals surface area (Å²) in [5.74, 6) is 0. The normalized spacial score (nSPS) is 24.1. The fourth-order valence-corrected chi connectivity index (χ4v) is 2.91. The first kappa shape index (κ1) is 14.5. The third kappa shape index (κ3) is 2.44. The van der Waals surface area contributed by atoms with Gasteiger partial charge in [0.2, 0.25) is 0 Å². The van der Waals surface area contributed by atoms with Crippen molar-refractivity contribution in [2.75, 3.05) is 19.7 Å². The standard InChI is InChI=1S/C17H27NO/c1-6-9-14-11-19-17(15(14)10-7-2)12-18(13-17)16(4,5)8-3/h6-7,9-10H,8,11-13H2,1-5H3/b9-6-,10-7-. The Labute approximate surface area is 117 Å². The minimum Gasteiger partial charge on any atom is -0.363 e. The summed E-state index contributed by atoms with van der Waals surface area (Å²) in [4.78, 5) is 2.54. The van der Waals surface area contributed by atoms with Gasteiger partial charge in [0.25, 0.3) is 0 Å². The lowest BCUT2D eigenvalue weighted by Gasteiger charge is -2.55. The highest BCUT2D eigenvalue weighted by atomic mass is 16.5.